The van der Waals surface area contributed by atoms with Crippen LogP contribution in [-0.4, -0.2) is 75.9 Å². The maximum absolute atomic E-state index is 12.6. The lowest BCUT2D eigenvalue weighted by Crippen LogP contribution is -2.60. The van der Waals surface area contributed by atoms with E-state index < -0.39 is 30.7 Å². The van der Waals surface area contributed by atoms with Crippen LogP contribution in [0.1, 0.15) is 192 Å². The Morgan fingerprint density at radius 1 is 0.606 bits per heavy atom. The van der Waals surface area contributed by atoms with E-state index in [1.807, 2.05) is 0 Å². The monoisotopic (exact) mass is 983 g/mol. The predicted octanol–water partition coefficient (Wildman–Crippen LogP) is 14.6. The lowest BCUT2D eigenvalue weighted by Gasteiger charge is -2.43. The van der Waals surface area contributed by atoms with E-state index in [-0.39, 0.29) is 35.6 Å². The number of unbranched alkanes of at least 4 members (excludes halogenated alkanes) is 10. The highest BCUT2D eigenvalue weighted by Gasteiger charge is 2.46. The maximum Gasteiger partial charge on any atom is 0.305 e. The standard InChI is InChI=1S/C63H98O8/c1-45(2)28-22-20-18-16-14-13-15-17-19-21-23-35-57(65)69-44-56-58(66)59(67)60(68)61(71-56)70-53-41-51(8)55(63(11,12)43-53)39-37-49(6)34-27-32-47(4)30-25-24-29-46(3)31-26-33-48(5)36-38-54-50(7)40-52(64)42-62(54,9)10/h24-27,29-34,36-39,45,52-53,56,58-61,64,66-68H,13-23,28,35,40-44H2,1-12H3. The number of carbonyl (C=O) groups is 1. The average Bonchev–Trinajstić information content (AvgIpc) is 3.27. The summed E-state index contributed by atoms with van der Waals surface area (Å²) in [4.78, 5) is 12.6. The Labute approximate surface area is 431 Å². The number of carbonyl (C=O) groups excluding carboxylic acids is 1. The van der Waals surface area contributed by atoms with E-state index in [9.17, 15) is 25.2 Å². The van der Waals surface area contributed by atoms with Crippen molar-refractivity contribution in [3.8, 4) is 0 Å². The molecule has 1 fully saturated rings. The third kappa shape index (κ3) is 23.4. The molecule has 1 saturated heterocycles. The van der Waals surface area contributed by atoms with Gasteiger partial charge in [0.1, 0.15) is 31.0 Å². The fourth-order valence-electron chi connectivity index (χ4n) is 10.2. The molecule has 0 aromatic rings. The number of ether oxygens (including phenoxy) is 3. The lowest BCUT2D eigenvalue weighted by atomic mass is 9.71. The first-order valence-corrected chi connectivity index (χ1v) is 27.3. The summed E-state index contributed by atoms with van der Waals surface area (Å²) in [5.74, 6) is 0.453. The van der Waals surface area contributed by atoms with Crippen molar-refractivity contribution in [2.24, 2.45) is 16.7 Å². The molecule has 3 aliphatic rings. The van der Waals surface area contributed by atoms with E-state index in [1.165, 1.54) is 85.7 Å². The van der Waals surface area contributed by atoms with Crippen molar-refractivity contribution in [3.05, 3.63) is 130 Å². The number of aliphatic hydroxyl groups excluding tert-OH is 4. The molecule has 2 aliphatic carbocycles. The van der Waals surface area contributed by atoms with Crippen LogP contribution in [0.4, 0.5) is 0 Å². The molecule has 0 aromatic carbocycles. The number of rotatable bonds is 28. The smallest absolute Gasteiger partial charge is 0.305 e. The van der Waals surface area contributed by atoms with Crippen molar-refractivity contribution in [1.82, 2.24) is 0 Å². The zero-order valence-electron chi connectivity index (χ0n) is 46.4. The van der Waals surface area contributed by atoms with Gasteiger partial charge in [-0.1, -0.05) is 231 Å². The van der Waals surface area contributed by atoms with Crippen molar-refractivity contribution in [2.75, 3.05) is 6.61 Å². The molecule has 0 aromatic heterocycles. The highest BCUT2D eigenvalue weighted by molar-refractivity contribution is 5.69. The molecule has 3 rings (SSSR count). The Hall–Kier alpha value is -3.63. The van der Waals surface area contributed by atoms with Crippen LogP contribution in [0.25, 0.3) is 0 Å². The van der Waals surface area contributed by atoms with Crippen molar-refractivity contribution >= 4 is 5.97 Å². The van der Waals surface area contributed by atoms with E-state index >= 15 is 0 Å². The van der Waals surface area contributed by atoms with Crippen molar-refractivity contribution in [3.63, 3.8) is 0 Å². The second-order valence-electron chi connectivity index (χ2n) is 22.8. The van der Waals surface area contributed by atoms with Crippen LogP contribution in [-0.2, 0) is 19.0 Å². The van der Waals surface area contributed by atoms with Gasteiger partial charge in [0.2, 0.25) is 0 Å². The van der Waals surface area contributed by atoms with Crippen LogP contribution in [0, 0.1) is 16.7 Å². The van der Waals surface area contributed by atoms with Crippen LogP contribution in [0.3, 0.4) is 0 Å². The fourth-order valence-corrected chi connectivity index (χ4v) is 10.2. The first-order chi connectivity index (χ1) is 33.6. The van der Waals surface area contributed by atoms with Crippen LogP contribution in [0.5, 0.6) is 0 Å². The zero-order chi connectivity index (χ0) is 52.6. The molecule has 7 atom stereocenters. The quantitative estimate of drug-likeness (QED) is 0.0347. The summed E-state index contributed by atoms with van der Waals surface area (Å²) < 4.78 is 17.8. The summed E-state index contributed by atoms with van der Waals surface area (Å²) in [6.45, 7) is 25.7. The lowest BCUT2D eigenvalue weighted by molar-refractivity contribution is -0.313. The SMILES string of the molecule is CC(C=CC=C(C)C=CC1=C(C)CC(O)CC1(C)C)=CC=CC=C(C)C=CC=C(C)C=CC1=C(C)CC(OC2OC(COC(=O)CCCCCCCCCCCCCC(C)C)C(O)C(O)C2O)CC1(C)C. The van der Waals surface area contributed by atoms with Gasteiger partial charge in [-0.15, -0.1) is 0 Å². The van der Waals surface area contributed by atoms with E-state index in [0.717, 1.165) is 54.7 Å². The Bertz CT molecular complexity index is 1990. The highest BCUT2D eigenvalue weighted by atomic mass is 16.7. The average molecular weight is 983 g/mol. The Balaban J connectivity index is 1.42. The van der Waals surface area contributed by atoms with Gasteiger partial charge < -0.3 is 34.6 Å². The van der Waals surface area contributed by atoms with Crippen LogP contribution < -0.4 is 0 Å². The second-order valence-corrected chi connectivity index (χ2v) is 22.8. The predicted molar refractivity (Wildman–Crippen MR) is 296 cm³/mol. The summed E-state index contributed by atoms with van der Waals surface area (Å²) in [6.07, 6.45) is 40.2. The van der Waals surface area contributed by atoms with Gasteiger partial charge in [-0.3, -0.25) is 4.79 Å². The van der Waals surface area contributed by atoms with E-state index in [4.69, 9.17) is 14.2 Å². The molecule has 398 valence electrons. The van der Waals surface area contributed by atoms with E-state index in [2.05, 4.69) is 168 Å². The van der Waals surface area contributed by atoms with Gasteiger partial charge in [-0.2, -0.15) is 0 Å². The molecule has 0 bridgehead atoms. The van der Waals surface area contributed by atoms with Crippen molar-refractivity contribution in [1.29, 1.82) is 0 Å². The molecule has 7 unspecified atom stereocenters. The van der Waals surface area contributed by atoms with Crippen LogP contribution >= 0.6 is 0 Å². The highest BCUT2D eigenvalue weighted by Crippen LogP contribution is 2.43. The molecule has 0 saturated carbocycles. The minimum atomic E-state index is -1.50. The van der Waals surface area contributed by atoms with Crippen molar-refractivity contribution < 1.29 is 39.4 Å². The molecule has 0 radical (unpaired) electrons. The Kier molecular flexibility index (Phi) is 27.7. The second kappa shape index (κ2) is 31.8. The van der Waals surface area contributed by atoms with Gasteiger partial charge in [0.25, 0.3) is 0 Å². The number of allylic oxidation sites excluding steroid dienone is 20. The number of hydrogen-bond donors (Lipinski definition) is 4. The third-order valence-electron chi connectivity index (χ3n) is 14.3. The molecule has 0 spiro atoms. The van der Waals surface area contributed by atoms with E-state index in [1.54, 1.807) is 0 Å². The third-order valence-corrected chi connectivity index (χ3v) is 14.3. The summed E-state index contributed by atoms with van der Waals surface area (Å²) >= 11 is 0. The molecular formula is C63H98O8. The van der Waals surface area contributed by atoms with Crippen molar-refractivity contribution in [2.45, 2.75) is 235 Å². The Morgan fingerprint density at radius 2 is 1.06 bits per heavy atom. The summed E-state index contributed by atoms with van der Waals surface area (Å²) in [5, 5.41) is 42.5. The Morgan fingerprint density at radius 3 is 1.55 bits per heavy atom. The first-order valence-electron chi connectivity index (χ1n) is 27.3. The summed E-state index contributed by atoms with van der Waals surface area (Å²) in [7, 11) is 0. The number of hydrogen-bond acceptors (Lipinski definition) is 8. The topological polar surface area (TPSA) is 126 Å². The van der Waals surface area contributed by atoms with Gasteiger partial charge in [-0.25, -0.2) is 0 Å². The van der Waals surface area contributed by atoms with Crippen LogP contribution in [0.2, 0.25) is 0 Å². The minimum Gasteiger partial charge on any atom is -0.463 e. The molecule has 8 nitrogen and oxygen atoms in total. The normalized spacial score (nSPS) is 26.2. The van der Waals surface area contributed by atoms with Gasteiger partial charge in [-0.05, 0) is 102 Å². The largest absolute Gasteiger partial charge is 0.463 e. The first kappa shape index (κ1) is 61.7. The summed E-state index contributed by atoms with van der Waals surface area (Å²) in [6, 6.07) is 0. The van der Waals surface area contributed by atoms with Gasteiger partial charge >= 0.3 is 5.97 Å². The molecule has 0 amide bonds. The molecular weight excluding hydrogens is 885 g/mol. The molecule has 8 heteroatoms. The number of aliphatic hydroxyl groups is 4. The van der Waals surface area contributed by atoms with Gasteiger partial charge in [0, 0.05) is 6.42 Å². The zero-order valence-corrected chi connectivity index (χ0v) is 46.4. The molecule has 1 aliphatic heterocycles. The van der Waals surface area contributed by atoms with Gasteiger partial charge in [0.05, 0.1) is 12.2 Å². The fraction of sp³-hybridized carbons (Fsp3) is 0.635. The number of esters is 1. The molecule has 4 N–H and O–H groups in total. The van der Waals surface area contributed by atoms with Crippen LogP contribution in [0.15, 0.2) is 130 Å². The van der Waals surface area contributed by atoms with E-state index in [0.29, 0.717) is 19.3 Å². The summed E-state index contributed by atoms with van der Waals surface area (Å²) in [5.41, 5.74) is 9.33. The maximum atomic E-state index is 12.6. The molecule has 1 heterocycles. The van der Waals surface area contributed by atoms with Gasteiger partial charge in [0.15, 0.2) is 6.29 Å². The minimum absolute atomic E-state index is 0.0231. The molecule has 71 heavy (non-hydrogen) atoms.